The monoisotopic (exact) mass is 411 g/mol. The lowest BCUT2D eigenvalue weighted by atomic mass is 10.0. The van der Waals surface area contributed by atoms with Crippen LogP contribution in [0.25, 0.3) is 11.0 Å². The second kappa shape index (κ2) is 9.27. The van der Waals surface area contributed by atoms with Gasteiger partial charge in [-0.15, -0.1) is 0 Å². The second-order valence-electron chi connectivity index (χ2n) is 7.09. The van der Waals surface area contributed by atoms with Crippen molar-refractivity contribution >= 4 is 34.2 Å². The standard InChI is InChI=1S/C24H26ClNO3/c1-4-7-11-20-21(23(27)18-10-8-9-12-19(18)29-20)24(28)26-22-15(5-2)13-17(25)14-16(22)6-3/h8-10,12-14H,4-7,11H2,1-3H3,(H,26,28). The molecule has 1 aromatic heterocycles. The predicted molar refractivity (Wildman–Crippen MR) is 119 cm³/mol. The Bertz CT molecular complexity index is 1080. The quantitative estimate of drug-likeness (QED) is 0.506. The third-order valence-electron chi connectivity index (χ3n) is 5.12. The number of aryl methyl sites for hydroxylation is 3. The molecule has 0 spiro atoms. The molecule has 0 saturated carbocycles. The largest absolute Gasteiger partial charge is 0.460 e. The van der Waals surface area contributed by atoms with Crippen molar-refractivity contribution < 1.29 is 9.21 Å². The highest BCUT2D eigenvalue weighted by Gasteiger charge is 2.22. The third kappa shape index (κ3) is 4.38. The van der Waals surface area contributed by atoms with Crippen LogP contribution < -0.4 is 10.7 Å². The van der Waals surface area contributed by atoms with E-state index in [2.05, 4.69) is 12.2 Å². The minimum absolute atomic E-state index is 0.0937. The highest BCUT2D eigenvalue weighted by molar-refractivity contribution is 6.31. The zero-order chi connectivity index (χ0) is 21.0. The first-order valence-corrected chi connectivity index (χ1v) is 10.5. The molecule has 1 heterocycles. The van der Waals surface area contributed by atoms with E-state index in [1.807, 2.05) is 32.0 Å². The van der Waals surface area contributed by atoms with Gasteiger partial charge in [-0.3, -0.25) is 9.59 Å². The Hall–Kier alpha value is -2.59. The molecule has 3 rings (SSSR count). The molecular weight excluding hydrogens is 386 g/mol. The maximum absolute atomic E-state index is 13.3. The molecule has 0 unspecified atom stereocenters. The van der Waals surface area contributed by atoms with Crippen LogP contribution in [0.3, 0.4) is 0 Å². The van der Waals surface area contributed by atoms with Crippen LogP contribution in [0.1, 0.15) is 60.9 Å². The lowest BCUT2D eigenvalue weighted by molar-refractivity contribution is 0.102. The van der Waals surface area contributed by atoms with Crippen molar-refractivity contribution in [3.8, 4) is 0 Å². The zero-order valence-corrected chi connectivity index (χ0v) is 17.9. The van der Waals surface area contributed by atoms with E-state index in [-0.39, 0.29) is 11.0 Å². The summed E-state index contributed by atoms with van der Waals surface area (Å²) in [5.74, 6) is 0.0143. The van der Waals surface area contributed by atoms with E-state index in [0.717, 1.165) is 42.5 Å². The van der Waals surface area contributed by atoms with E-state index in [0.29, 0.717) is 28.2 Å². The second-order valence-corrected chi connectivity index (χ2v) is 7.53. The predicted octanol–water partition coefficient (Wildman–Crippen LogP) is 6.17. The van der Waals surface area contributed by atoms with Gasteiger partial charge in [-0.1, -0.05) is 50.9 Å². The van der Waals surface area contributed by atoms with Crippen LogP contribution in [0.5, 0.6) is 0 Å². The van der Waals surface area contributed by atoms with Gasteiger partial charge in [-0.25, -0.2) is 0 Å². The van der Waals surface area contributed by atoms with Crippen molar-refractivity contribution in [2.75, 3.05) is 5.32 Å². The molecule has 152 valence electrons. The maximum Gasteiger partial charge on any atom is 0.263 e. The summed E-state index contributed by atoms with van der Waals surface area (Å²) in [7, 11) is 0. The van der Waals surface area contributed by atoms with Crippen LogP contribution in [-0.4, -0.2) is 5.91 Å². The number of para-hydroxylation sites is 1. The van der Waals surface area contributed by atoms with Gasteiger partial charge in [-0.2, -0.15) is 0 Å². The summed E-state index contributed by atoms with van der Waals surface area (Å²) < 4.78 is 5.98. The number of hydrogen-bond donors (Lipinski definition) is 1. The van der Waals surface area contributed by atoms with Crippen molar-refractivity contribution in [1.29, 1.82) is 0 Å². The van der Waals surface area contributed by atoms with Crippen LogP contribution in [-0.2, 0) is 19.3 Å². The Morgan fingerprint density at radius 1 is 1.07 bits per heavy atom. The lowest BCUT2D eigenvalue weighted by Gasteiger charge is -2.16. The molecule has 0 fully saturated rings. The van der Waals surface area contributed by atoms with E-state index in [1.165, 1.54) is 0 Å². The molecule has 1 amide bonds. The van der Waals surface area contributed by atoms with E-state index < -0.39 is 5.91 Å². The van der Waals surface area contributed by atoms with Gasteiger partial charge in [0.05, 0.1) is 5.39 Å². The number of halogens is 1. The van der Waals surface area contributed by atoms with Crippen LogP contribution in [0.4, 0.5) is 5.69 Å². The summed E-state index contributed by atoms with van der Waals surface area (Å²) in [6.07, 6.45) is 3.76. The van der Waals surface area contributed by atoms with Crippen molar-refractivity contribution in [3.05, 3.63) is 74.1 Å². The van der Waals surface area contributed by atoms with Crippen molar-refractivity contribution in [3.63, 3.8) is 0 Å². The topological polar surface area (TPSA) is 59.3 Å². The van der Waals surface area contributed by atoms with Gasteiger partial charge in [0, 0.05) is 17.1 Å². The third-order valence-corrected chi connectivity index (χ3v) is 5.34. The first kappa shape index (κ1) is 21.1. The molecule has 0 aliphatic carbocycles. The molecule has 0 bridgehead atoms. The average Bonchev–Trinajstić information content (AvgIpc) is 2.72. The molecule has 0 aliphatic rings. The Kier molecular flexibility index (Phi) is 6.75. The summed E-state index contributed by atoms with van der Waals surface area (Å²) in [4.78, 5) is 26.4. The average molecular weight is 412 g/mol. The van der Waals surface area contributed by atoms with Crippen molar-refractivity contribution in [2.45, 2.75) is 52.9 Å². The van der Waals surface area contributed by atoms with E-state index in [1.54, 1.807) is 18.2 Å². The molecule has 2 aromatic carbocycles. The first-order valence-electron chi connectivity index (χ1n) is 10.2. The summed E-state index contributed by atoms with van der Waals surface area (Å²) in [6, 6.07) is 10.8. The fraction of sp³-hybridized carbons (Fsp3) is 0.333. The van der Waals surface area contributed by atoms with Gasteiger partial charge in [0.2, 0.25) is 5.43 Å². The van der Waals surface area contributed by atoms with Crippen LogP contribution >= 0.6 is 11.6 Å². The number of anilines is 1. The number of nitrogens with one attached hydrogen (secondary N) is 1. The molecule has 1 N–H and O–H groups in total. The normalized spacial score (nSPS) is 11.0. The summed E-state index contributed by atoms with van der Waals surface area (Å²) >= 11 is 6.23. The highest BCUT2D eigenvalue weighted by Crippen LogP contribution is 2.28. The number of carbonyl (C=O) groups excluding carboxylic acids is 1. The van der Waals surface area contributed by atoms with Gasteiger partial charge in [0.1, 0.15) is 16.9 Å². The number of benzene rings is 2. The smallest absolute Gasteiger partial charge is 0.263 e. The number of hydrogen-bond acceptors (Lipinski definition) is 3. The van der Waals surface area contributed by atoms with Crippen molar-refractivity contribution in [1.82, 2.24) is 0 Å². The minimum Gasteiger partial charge on any atom is -0.460 e. The molecule has 4 nitrogen and oxygen atoms in total. The van der Waals surface area contributed by atoms with Crippen molar-refractivity contribution in [2.24, 2.45) is 0 Å². The molecule has 0 saturated heterocycles. The fourth-order valence-corrected chi connectivity index (χ4v) is 3.81. The lowest BCUT2D eigenvalue weighted by Crippen LogP contribution is -2.25. The van der Waals surface area contributed by atoms with Crippen LogP contribution in [0, 0.1) is 0 Å². The fourth-order valence-electron chi connectivity index (χ4n) is 3.55. The minimum atomic E-state index is -0.428. The molecule has 5 heteroatoms. The Labute approximate surface area is 175 Å². The van der Waals surface area contributed by atoms with E-state index in [9.17, 15) is 9.59 Å². The van der Waals surface area contributed by atoms with Gasteiger partial charge >= 0.3 is 0 Å². The molecule has 0 atom stereocenters. The molecule has 29 heavy (non-hydrogen) atoms. The first-order chi connectivity index (χ1) is 14.0. The highest BCUT2D eigenvalue weighted by atomic mass is 35.5. The molecule has 3 aromatic rings. The van der Waals surface area contributed by atoms with E-state index >= 15 is 0 Å². The number of unbranched alkanes of at least 4 members (excludes halogenated alkanes) is 1. The Morgan fingerprint density at radius 3 is 2.34 bits per heavy atom. The Morgan fingerprint density at radius 2 is 1.72 bits per heavy atom. The van der Waals surface area contributed by atoms with Crippen LogP contribution in [0.15, 0.2) is 45.6 Å². The SMILES string of the molecule is CCCCc1oc2ccccc2c(=O)c1C(=O)Nc1c(CC)cc(Cl)cc1CC. The van der Waals surface area contributed by atoms with Gasteiger partial charge < -0.3 is 9.73 Å². The number of rotatable bonds is 7. The Balaban J connectivity index is 2.12. The van der Waals surface area contributed by atoms with Crippen LogP contribution in [0.2, 0.25) is 5.02 Å². The van der Waals surface area contributed by atoms with Gasteiger partial charge in [-0.05, 0) is 54.7 Å². The van der Waals surface area contributed by atoms with Gasteiger partial charge in [0.15, 0.2) is 0 Å². The molecule has 0 radical (unpaired) electrons. The number of fused-ring (bicyclic) bond motifs is 1. The van der Waals surface area contributed by atoms with E-state index in [4.69, 9.17) is 16.0 Å². The summed E-state index contributed by atoms with van der Waals surface area (Å²) in [6.45, 7) is 6.09. The number of amides is 1. The number of carbonyl (C=O) groups is 1. The zero-order valence-electron chi connectivity index (χ0n) is 17.1. The maximum atomic E-state index is 13.3. The summed E-state index contributed by atoms with van der Waals surface area (Å²) in [5.41, 5.74) is 2.94. The molecule has 0 aliphatic heterocycles. The molecular formula is C24H26ClNO3. The summed E-state index contributed by atoms with van der Waals surface area (Å²) in [5, 5.41) is 4.05. The van der Waals surface area contributed by atoms with Gasteiger partial charge in [0.25, 0.3) is 5.91 Å².